The predicted octanol–water partition coefficient (Wildman–Crippen LogP) is -0.102. The van der Waals surface area contributed by atoms with Crippen LogP contribution < -0.4 is 5.56 Å². The number of tetrazole rings is 1. The normalized spacial score (nSPS) is 11.3. The van der Waals surface area contributed by atoms with E-state index < -0.39 is 0 Å². The summed E-state index contributed by atoms with van der Waals surface area (Å²) < 4.78 is 2.52. The molecule has 1 aromatic carbocycles. The van der Waals surface area contributed by atoms with E-state index in [9.17, 15) is 4.79 Å². The minimum absolute atomic E-state index is 0.202. The van der Waals surface area contributed by atoms with Crippen molar-refractivity contribution in [2.75, 3.05) is 0 Å². The van der Waals surface area contributed by atoms with Gasteiger partial charge in [0.05, 0.1) is 0 Å². The Balaban J connectivity index is 2.25. The van der Waals surface area contributed by atoms with Crippen molar-refractivity contribution >= 4 is 11.4 Å². The standard InChI is InChI=1S/C12H8N8O/c1-7-11(21)19-10(14-13-7)9(8-5-3-2-4-6-8)16-20-12(19)15-17-18-20/h2-6H,1H3. The number of hydrogen-bond acceptors (Lipinski definition) is 7. The van der Waals surface area contributed by atoms with Gasteiger partial charge in [0.15, 0.2) is 5.65 Å². The van der Waals surface area contributed by atoms with Gasteiger partial charge in [-0.3, -0.25) is 4.79 Å². The van der Waals surface area contributed by atoms with Crippen LogP contribution in [0, 0.1) is 6.92 Å². The summed E-state index contributed by atoms with van der Waals surface area (Å²) in [6, 6.07) is 9.37. The highest BCUT2D eigenvalue weighted by molar-refractivity contribution is 5.73. The van der Waals surface area contributed by atoms with E-state index in [1.54, 1.807) is 6.92 Å². The molecule has 0 N–H and O–H groups in total. The molecule has 0 bridgehead atoms. The molecule has 102 valence electrons. The molecule has 0 spiro atoms. The van der Waals surface area contributed by atoms with Crippen LogP contribution in [0.1, 0.15) is 5.69 Å². The van der Waals surface area contributed by atoms with Gasteiger partial charge in [-0.2, -0.15) is 0 Å². The van der Waals surface area contributed by atoms with E-state index in [0.717, 1.165) is 5.56 Å². The summed E-state index contributed by atoms with van der Waals surface area (Å²) in [6.45, 7) is 1.59. The third-order valence-corrected chi connectivity index (χ3v) is 3.11. The molecular weight excluding hydrogens is 272 g/mol. The highest BCUT2D eigenvalue weighted by Gasteiger charge is 2.16. The Morgan fingerprint density at radius 2 is 1.86 bits per heavy atom. The van der Waals surface area contributed by atoms with Crippen molar-refractivity contribution in [3.05, 3.63) is 46.4 Å². The fourth-order valence-corrected chi connectivity index (χ4v) is 2.11. The summed E-state index contributed by atoms with van der Waals surface area (Å²) in [5.74, 6) is 0.202. The topological polar surface area (TPSA) is 103 Å². The molecule has 0 saturated heterocycles. The summed E-state index contributed by atoms with van der Waals surface area (Å²) in [6.07, 6.45) is 0. The molecule has 3 aromatic heterocycles. The first-order valence-electron chi connectivity index (χ1n) is 6.15. The SMILES string of the molecule is Cc1nnc2c(-c3ccccc3)nn3nnnc3n2c1=O. The average Bonchev–Trinajstić information content (AvgIpc) is 2.99. The van der Waals surface area contributed by atoms with E-state index in [-0.39, 0.29) is 17.0 Å². The quantitative estimate of drug-likeness (QED) is 0.479. The average molecular weight is 280 g/mol. The van der Waals surface area contributed by atoms with E-state index in [4.69, 9.17) is 0 Å². The second-order valence-corrected chi connectivity index (χ2v) is 4.43. The Bertz CT molecular complexity index is 1020. The van der Waals surface area contributed by atoms with Gasteiger partial charge in [-0.15, -0.1) is 15.3 Å². The molecule has 4 aromatic rings. The molecule has 0 aliphatic carbocycles. The largest absolute Gasteiger partial charge is 0.282 e. The van der Waals surface area contributed by atoms with E-state index in [1.165, 1.54) is 9.03 Å². The van der Waals surface area contributed by atoms with Crippen LogP contribution in [-0.4, -0.2) is 39.9 Å². The van der Waals surface area contributed by atoms with Gasteiger partial charge in [0, 0.05) is 5.56 Å². The number of fused-ring (bicyclic) bond motifs is 3. The summed E-state index contributed by atoms with van der Waals surface area (Å²) in [5.41, 5.74) is 1.55. The van der Waals surface area contributed by atoms with Crippen LogP contribution in [0.15, 0.2) is 35.1 Å². The molecule has 4 rings (SSSR count). The zero-order valence-electron chi connectivity index (χ0n) is 10.9. The van der Waals surface area contributed by atoms with Crippen LogP contribution in [0.5, 0.6) is 0 Å². The third kappa shape index (κ3) is 1.60. The summed E-state index contributed by atoms with van der Waals surface area (Å²) in [7, 11) is 0. The zero-order valence-corrected chi connectivity index (χ0v) is 10.9. The Morgan fingerprint density at radius 1 is 1.05 bits per heavy atom. The van der Waals surface area contributed by atoms with Crippen LogP contribution in [0.3, 0.4) is 0 Å². The molecule has 0 aliphatic heterocycles. The molecule has 0 fully saturated rings. The maximum Gasteiger partial charge on any atom is 0.282 e. The van der Waals surface area contributed by atoms with Crippen LogP contribution in [-0.2, 0) is 0 Å². The predicted molar refractivity (Wildman–Crippen MR) is 71.6 cm³/mol. The van der Waals surface area contributed by atoms with Crippen molar-refractivity contribution in [3.8, 4) is 11.3 Å². The smallest absolute Gasteiger partial charge is 0.267 e. The van der Waals surface area contributed by atoms with Crippen LogP contribution in [0.4, 0.5) is 0 Å². The molecular formula is C12H8N8O. The molecule has 3 heterocycles. The Labute approximate surface area is 116 Å². The van der Waals surface area contributed by atoms with Gasteiger partial charge in [0.25, 0.3) is 11.3 Å². The first kappa shape index (κ1) is 11.6. The lowest BCUT2D eigenvalue weighted by Crippen LogP contribution is -2.23. The van der Waals surface area contributed by atoms with Crippen LogP contribution in [0.2, 0.25) is 0 Å². The summed E-state index contributed by atoms with van der Waals surface area (Å²) in [4.78, 5) is 12.3. The lowest BCUT2D eigenvalue weighted by molar-refractivity contribution is 0.720. The third-order valence-electron chi connectivity index (χ3n) is 3.11. The van der Waals surface area contributed by atoms with Gasteiger partial charge in [0.1, 0.15) is 11.4 Å². The molecule has 0 aliphatic rings. The molecule has 0 radical (unpaired) electrons. The van der Waals surface area contributed by atoms with Crippen LogP contribution in [0.25, 0.3) is 22.7 Å². The van der Waals surface area contributed by atoms with E-state index in [1.807, 2.05) is 30.3 Å². The second kappa shape index (κ2) is 4.13. The van der Waals surface area contributed by atoms with Crippen molar-refractivity contribution < 1.29 is 0 Å². The van der Waals surface area contributed by atoms with Crippen molar-refractivity contribution in [2.45, 2.75) is 6.92 Å². The van der Waals surface area contributed by atoms with Gasteiger partial charge in [-0.1, -0.05) is 40.1 Å². The van der Waals surface area contributed by atoms with E-state index >= 15 is 0 Å². The van der Waals surface area contributed by atoms with Gasteiger partial charge < -0.3 is 0 Å². The monoisotopic (exact) mass is 280 g/mol. The van der Waals surface area contributed by atoms with Gasteiger partial charge in [-0.25, -0.2) is 4.40 Å². The fourth-order valence-electron chi connectivity index (χ4n) is 2.11. The number of benzene rings is 1. The Morgan fingerprint density at radius 3 is 2.67 bits per heavy atom. The second-order valence-electron chi connectivity index (χ2n) is 4.43. The van der Waals surface area contributed by atoms with Gasteiger partial charge in [0.2, 0.25) is 0 Å². The lowest BCUT2D eigenvalue weighted by Gasteiger charge is -2.06. The molecule has 9 heteroatoms. The minimum Gasteiger partial charge on any atom is -0.267 e. The lowest BCUT2D eigenvalue weighted by atomic mass is 10.1. The number of aromatic nitrogens is 8. The zero-order chi connectivity index (χ0) is 14.4. The van der Waals surface area contributed by atoms with E-state index in [2.05, 4.69) is 30.8 Å². The highest BCUT2D eigenvalue weighted by Crippen LogP contribution is 2.19. The van der Waals surface area contributed by atoms with Gasteiger partial charge in [-0.05, 0) is 17.4 Å². The fraction of sp³-hybridized carbons (Fsp3) is 0.0833. The van der Waals surface area contributed by atoms with Crippen molar-refractivity contribution in [1.82, 2.24) is 39.9 Å². The first-order valence-corrected chi connectivity index (χ1v) is 6.15. The molecule has 0 saturated carbocycles. The Hall–Kier alpha value is -3.23. The maximum absolute atomic E-state index is 12.3. The molecule has 9 nitrogen and oxygen atoms in total. The van der Waals surface area contributed by atoms with Crippen LogP contribution >= 0.6 is 0 Å². The number of nitrogens with zero attached hydrogens (tertiary/aromatic N) is 8. The maximum atomic E-state index is 12.3. The van der Waals surface area contributed by atoms with Crippen molar-refractivity contribution in [1.29, 1.82) is 0 Å². The summed E-state index contributed by atoms with van der Waals surface area (Å²) in [5, 5.41) is 23.4. The van der Waals surface area contributed by atoms with E-state index in [0.29, 0.717) is 11.3 Å². The first-order chi connectivity index (χ1) is 10.3. The van der Waals surface area contributed by atoms with Gasteiger partial charge >= 0.3 is 0 Å². The molecule has 0 amide bonds. The minimum atomic E-state index is -0.320. The molecule has 0 atom stereocenters. The number of hydrogen-bond donors (Lipinski definition) is 0. The summed E-state index contributed by atoms with van der Waals surface area (Å²) >= 11 is 0. The molecule has 21 heavy (non-hydrogen) atoms. The Kier molecular flexibility index (Phi) is 2.28. The number of rotatable bonds is 1. The highest BCUT2D eigenvalue weighted by atomic mass is 16.1. The van der Waals surface area contributed by atoms with Crippen molar-refractivity contribution in [2.24, 2.45) is 0 Å². The number of aryl methyl sites for hydroxylation is 1. The molecule has 0 unspecified atom stereocenters. The van der Waals surface area contributed by atoms with Crippen molar-refractivity contribution in [3.63, 3.8) is 0 Å².